The third-order valence-corrected chi connectivity index (χ3v) is 2.75. The molecule has 1 unspecified atom stereocenters. The summed E-state index contributed by atoms with van der Waals surface area (Å²) in [5.41, 5.74) is 5.47. The Morgan fingerprint density at radius 1 is 1.19 bits per heavy atom. The minimum absolute atomic E-state index is 0.136. The molecule has 0 aromatic carbocycles. The predicted molar refractivity (Wildman–Crippen MR) is 69.4 cm³/mol. The molecule has 0 saturated heterocycles. The predicted octanol–water partition coefficient (Wildman–Crippen LogP) is 1.95. The van der Waals surface area contributed by atoms with Gasteiger partial charge in [-0.2, -0.15) is 0 Å². The number of nitrogens with two attached hydrogens (primary N) is 1. The van der Waals surface area contributed by atoms with Gasteiger partial charge >= 0.3 is 0 Å². The molecule has 0 amide bonds. The molecule has 0 rings (SSSR count). The standard InChI is InChI=1S/C13H28N2O/c1-10(2)13(16)12(7-5-6-8-14)9-15-11(3)4/h10-12,15H,5-9,14H2,1-4H3. The van der Waals surface area contributed by atoms with Crippen molar-refractivity contribution in [2.24, 2.45) is 17.6 Å². The maximum Gasteiger partial charge on any atom is 0.139 e. The number of carbonyl (C=O) groups excluding carboxylic acids is 1. The Balaban J connectivity index is 4.10. The lowest BCUT2D eigenvalue weighted by molar-refractivity contribution is -0.126. The van der Waals surface area contributed by atoms with E-state index in [1.54, 1.807) is 0 Å². The van der Waals surface area contributed by atoms with Crippen LogP contribution >= 0.6 is 0 Å². The van der Waals surface area contributed by atoms with Crippen LogP contribution in [0.3, 0.4) is 0 Å². The Bertz CT molecular complexity index is 190. The van der Waals surface area contributed by atoms with Crippen LogP contribution in [0.1, 0.15) is 47.0 Å². The summed E-state index contributed by atoms with van der Waals surface area (Å²) in [7, 11) is 0. The molecule has 0 fully saturated rings. The maximum absolute atomic E-state index is 12.0. The van der Waals surface area contributed by atoms with Crippen LogP contribution in [0.15, 0.2) is 0 Å². The molecule has 3 nitrogen and oxygen atoms in total. The molecular weight excluding hydrogens is 200 g/mol. The largest absolute Gasteiger partial charge is 0.330 e. The van der Waals surface area contributed by atoms with E-state index in [-0.39, 0.29) is 11.8 Å². The van der Waals surface area contributed by atoms with Crippen LogP contribution in [0.4, 0.5) is 0 Å². The minimum atomic E-state index is 0.136. The van der Waals surface area contributed by atoms with E-state index in [0.29, 0.717) is 11.8 Å². The van der Waals surface area contributed by atoms with Crippen LogP contribution < -0.4 is 11.1 Å². The third kappa shape index (κ3) is 6.96. The van der Waals surface area contributed by atoms with Crippen molar-refractivity contribution in [2.75, 3.05) is 13.1 Å². The molecule has 0 aromatic heterocycles. The van der Waals surface area contributed by atoms with Gasteiger partial charge in [-0.05, 0) is 19.4 Å². The fourth-order valence-corrected chi connectivity index (χ4v) is 1.73. The van der Waals surface area contributed by atoms with Crippen LogP contribution in [0.25, 0.3) is 0 Å². The molecule has 0 bridgehead atoms. The average molecular weight is 228 g/mol. The SMILES string of the molecule is CC(C)NCC(CCCCN)C(=O)C(C)C. The fraction of sp³-hybridized carbons (Fsp3) is 0.923. The summed E-state index contributed by atoms with van der Waals surface area (Å²) in [4.78, 5) is 12.0. The Kier molecular flexibility index (Phi) is 8.49. The number of rotatable bonds is 9. The number of nitrogens with one attached hydrogen (secondary N) is 1. The Labute approximate surface area is 100 Å². The molecule has 0 aromatic rings. The molecule has 3 heteroatoms. The molecule has 0 aliphatic heterocycles. The van der Waals surface area contributed by atoms with E-state index in [9.17, 15) is 4.79 Å². The van der Waals surface area contributed by atoms with Gasteiger partial charge in [0.1, 0.15) is 5.78 Å². The van der Waals surface area contributed by atoms with Crippen LogP contribution in [-0.2, 0) is 4.79 Å². The van der Waals surface area contributed by atoms with Gasteiger partial charge in [0.05, 0.1) is 0 Å². The number of Topliss-reactive ketones (excluding diaryl/α,β-unsaturated/α-hetero) is 1. The molecule has 16 heavy (non-hydrogen) atoms. The van der Waals surface area contributed by atoms with Gasteiger partial charge in [0, 0.05) is 24.4 Å². The van der Waals surface area contributed by atoms with Crippen molar-refractivity contribution >= 4 is 5.78 Å². The molecule has 0 heterocycles. The summed E-state index contributed by atoms with van der Waals surface area (Å²) in [5.74, 6) is 0.677. The second-order valence-electron chi connectivity index (χ2n) is 5.10. The first kappa shape index (κ1) is 15.6. The van der Waals surface area contributed by atoms with Crippen LogP contribution in [0.5, 0.6) is 0 Å². The lowest BCUT2D eigenvalue weighted by Gasteiger charge is -2.20. The first-order valence-electron chi connectivity index (χ1n) is 6.46. The lowest BCUT2D eigenvalue weighted by atomic mass is 9.90. The first-order chi connectivity index (χ1) is 7.49. The smallest absolute Gasteiger partial charge is 0.139 e. The van der Waals surface area contributed by atoms with Gasteiger partial charge in [0.15, 0.2) is 0 Å². The number of unbranched alkanes of at least 4 members (excludes halogenated alkanes) is 1. The number of ketones is 1. The van der Waals surface area contributed by atoms with E-state index < -0.39 is 0 Å². The fourth-order valence-electron chi connectivity index (χ4n) is 1.73. The Morgan fingerprint density at radius 2 is 1.81 bits per heavy atom. The Morgan fingerprint density at radius 3 is 2.25 bits per heavy atom. The maximum atomic E-state index is 12.0. The van der Waals surface area contributed by atoms with E-state index in [4.69, 9.17) is 5.73 Å². The second-order valence-corrected chi connectivity index (χ2v) is 5.10. The molecule has 0 saturated carbocycles. The summed E-state index contributed by atoms with van der Waals surface area (Å²) >= 11 is 0. The van der Waals surface area contributed by atoms with Crippen LogP contribution in [0, 0.1) is 11.8 Å². The van der Waals surface area contributed by atoms with Gasteiger partial charge in [-0.3, -0.25) is 4.79 Å². The molecule has 0 aliphatic carbocycles. The third-order valence-electron chi connectivity index (χ3n) is 2.75. The van der Waals surface area contributed by atoms with E-state index in [1.807, 2.05) is 13.8 Å². The van der Waals surface area contributed by atoms with Gasteiger partial charge < -0.3 is 11.1 Å². The summed E-state index contributed by atoms with van der Waals surface area (Å²) in [6.45, 7) is 9.70. The minimum Gasteiger partial charge on any atom is -0.330 e. The Hall–Kier alpha value is -0.410. The zero-order valence-electron chi connectivity index (χ0n) is 11.3. The van der Waals surface area contributed by atoms with Gasteiger partial charge in [0.25, 0.3) is 0 Å². The molecule has 0 spiro atoms. The molecule has 0 aliphatic rings. The van der Waals surface area contributed by atoms with Gasteiger partial charge in [-0.25, -0.2) is 0 Å². The molecule has 3 N–H and O–H groups in total. The molecule has 1 atom stereocenters. The zero-order valence-corrected chi connectivity index (χ0v) is 11.3. The highest BCUT2D eigenvalue weighted by Gasteiger charge is 2.20. The van der Waals surface area contributed by atoms with Gasteiger partial charge in [-0.15, -0.1) is 0 Å². The number of carbonyl (C=O) groups is 1. The highest BCUT2D eigenvalue weighted by atomic mass is 16.1. The van der Waals surface area contributed by atoms with Gasteiger partial charge in [-0.1, -0.05) is 34.1 Å². The van der Waals surface area contributed by atoms with Crippen molar-refractivity contribution in [2.45, 2.75) is 53.0 Å². The van der Waals surface area contributed by atoms with Crippen molar-refractivity contribution in [3.05, 3.63) is 0 Å². The van der Waals surface area contributed by atoms with Crippen LogP contribution in [0.2, 0.25) is 0 Å². The van der Waals surface area contributed by atoms with E-state index in [2.05, 4.69) is 19.2 Å². The van der Waals surface area contributed by atoms with Crippen molar-refractivity contribution in [1.82, 2.24) is 5.32 Å². The first-order valence-corrected chi connectivity index (χ1v) is 6.46. The lowest BCUT2D eigenvalue weighted by Crippen LogP contribution is -2.34. The topological polar surface area (TPSA) is 55.1 Å². The average Bonchev–Trinajstić information content (AvgIpc) is 2.21. The van der Waals surface area contributed by atoms with Crippen molar-refractivity contribution in [3.8, 4) is 0 Å². The monoisotopic (exact) mass is 228 g/mol. The molecular formula is C13H28N2O. The zero-order chi connectivity index (χ0) is 12.6. The summed E-state index contributed by atoms with van der Waals surface area (Å²) in [6.07, 6.45) is 3.04. The number of hydrogen-bond donors (Lipinski definition) is 2. The molecule has 0 radical (unpaired) electrons. The quantitative estimate of drug-likeness (QED) is 0.593. The van der Waals surface area contributed by atoms with E-state index in [1.165, 1.54) is 0 Å². The van der Waals surface area contributed by atoms with Crippen molar-refractivity contribution in [3.63, 3.8) is 0 Å². The number of hydrogen-bond acceptors (Lipinski definition) is 3. The van der Waals surface area contributed by atoms with Crippen molar-refractivity contribution in [1.29, 1.82) is 0 Å². The highest BCUT2D eigenvalue weighted by molar-refractivity contribution is 5.82. The summed E-state index contributed by atoms with van der Waals surface area (Å²) in [6, 6.07) is 0.442. The summed E-state index contributed by atoms with van der Waals surface area (Å²) < 4.78 is 0. The summed E-state index contributed by atoms with van der Waals surface area (Å²) in [5, 5.41) is 3.36. The van der Waals surface area contributed by atoms with Crippen molar-refractivity contribution < 1.29 is 4.79 Å². The van der Waals surface area contributed by atoms with Gasteiger partial charge in [0.2, 0.25) is 0 Å². The second kappa shape index (κ2) is 8.71. The van der Waals surface area contributed by atoms with E-state index in [0.717, 1.165) is 32.4 Å². The van der Waals surface area contributed by atoms with E-state index >= 15 is 0 Å². The normalized spacial score (nSPS) is 13.4. The van der Waals surface area contributed by atoms with Crippen LogP contribution in [-0.4, -0.2) is 24.9 Å². The highest BCUT2D eigenvalue weighted by Crippen LogP contribution is 2.14. The molecule has 96 valence electrons.